The second-order valence-electron chi connectivity index (χ2n) is 4.99. The number of esters is 1. The van der Waals surface area contributed by atoms with Gasteiger partial charge in [-0.25, -0.2) is 4.79 Å². The summed E-state index contributed by atoms with van der Waals surface area (Å²) in [5.74, 6) is 0.184. The summed E-state index contributed by atoms with van der Waals surface area (Å²) in [5, 5.41) is 9.54. The lowest BCUT2D eigenvalue weighted by molar-refractivity contribution is -0.116. The van der Waals surface area contributed by atoms with Crippen LogP contribution in [-0.4, -0.2) is 40.3 Å². The zero-order valence-electron chi connectivity index (χ0n) is 13.4. The van der Waals surface area contributed by atoms with E-state index in [9.17, 15) is 9.59 Å². The zero-order valence-corrected chi connectivity index (χ0v) is 14.2. The molecule has 1 aromatic carbocycles. The number of methoxy groups -OCH3 is 1. The molecule has 0 saturated heterocycles. The molecule has 2 aromatic rings. The number of carbonyl (C=O) groups excluding carboxylic acids is 2. The molecule has 24 heavy (non-hydrogen) atoms. The van der Waals surface area contributed by atoms with Crippen molar-refractivity contribution >= 4 is 30.2 Å². The fourth-order valence-corrected chi connectivity index (χ4v) is 2.13. The van der Waals surface area contributed by atoms with E-state index in [1.807, 2.05) is 7.05 Å². The van der Waals surface area contributed by atoms with Gasteiger partial charge in [0.25, 0.3) is 0 Å². The highest BCUT2D eigenvalue weighted by molar-refractivity contribution is 7.71. The maximum atomic E-state index is 11.8. The summed E-state index contributed by atoms with van der Waals surface area (Å²) >= 11 is 5.02. The third kappa shape index (κ3) is 4.63. The van der Waals surface area contributed by atoms with E-state index in [0.29, 0.717) is 23.3 Å². The summed E-state index contributed by atoms with van der Waals surface area (Å²) in [7, 11) is 3.15. The average Bonchev–Trinajstić information content (AvgIpc) is 2.92. The normalized spacial score (nSPS) is 10.8. The molecule has 1 aromatic heterocycles. The van der Waals surface area contributed by atoms with Crippen LogP contribution < -0.4 is 5.32 Å². The van der Waals surface area contributed by atoms with Crippen LogP contribution in [0.3, 0.4) is 0 Å². The second-order valence-corrected chi connectivity index (χ2v) is 5.38. The molecule has 0 aliphatic heterocycles. The molecule has 0 saturated carbocycles. The van der Waals surface area contributed by atoms with Gasteiger partial charge >= 0.3 is 5.97 Å². The van der Waals surface area contributed by atoms with Gasteiger partial charge in [0.15, 0.2) is 4.77 Å². The fourth-order valence-electron chi connectivity index (χ4n) is 1.98. The highest BCUT2D eigenvalue weighted by atomic mass is 32.1. The van der Waals surface area contributed by atoms with Gasteiger partial charge in [0.2, 0.25) is 5.91 Å². The first-order valence-corrected chi connectivity index (χ1v) is 7.66. The van der Waals surface area contributed by atoms with E-state index in [2.05, 4.69) is 20.3 Å². The zero-order chi connectivity index (χ0) is 17.5. The van der Waals surface area contributed by atoms with Crippen LogP contribution in [0.5, 0.6) is 0 Å². The molecule has 2 rings (SSSR count). The Labute approximate surface area is 144 Å². The van der Waals surface area contributed by atoms with Crippen molar-refractivity contribution in [3.05, 3.63) is 52.1 Å². The Morgan fingerprint density at radius 3 is 2.67 bits per heavy atom. The number of H-pyrrole nitrogens is 1. The maximum Gasteiger partial charge on any atom is 0.337 e. The summed E-state index contributed by atoms with van der Waals surface area (Å²) in [6, 6.07) is 6.77. The Morgan fingerprint density at radius 1 is 1.38 bits per heavy atom. The van der Waals surface area contributed by atoms with Crippen LogP contribution in [0, 0.1) is 4.77 Å². The maximum absolute atomic E-state index is 11.8. The number of hydrogen-bond acceptors (Lipinski definition) is 5. The molecule has 0 atom stereocenters. The molecule has 0 spiro atoms. The van der Waals surface area contributed by atoms with Crippen molar-refractivity contribution in [1.82, 2.24) is 20.1 Å². The van der Waals surface area contributed by atoms with Gasteiger partial charge < -0.3 is 14.6 Å². The van der Waals surface area contributed by atoms with Gasteiger partial charge in [0.05, 0.1) is 12.7 Å². The lowest BCUT2D eigenvalue weighted by Crippen LogP contribution is -2.24. The minimum absolute atomic E-state index is 0.205. The van der Waals surface area contributed by atoms with Crippen molar-refractivity contribution < 1.29 is 14.3 Å². The van der Waals surface area contributed by atoms with Gasteiger partial charge in [-0.2, -0.15) is 5.10 Å². The van der Waals surface area contributed by atoms with Gasteiger partial charge in [-0.3, -0.25) is 9.89 Å². The van der Waals surface area contributed by atoms with Crippen molar-refractivity contribution in [1.29, 1.82) is 0 Å². The largest absolute Gasteiger partial charge is 0.465 e. The molecule has 8 heteroatoms. The number of nitrogens with one attached hydrogen (secondary N) is 2. The van der Waals surface area contributed by atoms with Crippen LogP contribution in [0.1, 0.15) is 21.7 Å². The topological polar surface area (TPSA) is 89.0 Å². The summed E-state index contributed by atoms with van der Waals surface area (Å²) in [5.41, 5.74) is 1.28. The molecule has 1 heterocycles. The second kappa shape index (κ2) is 8.21. The molecule has 0 bridgehead atoms. The standard InChI is InChI=1S/C16H18N4O3S/c1-20-13(18-19-16(20)24)9-10-17-14(21)8-5-11-3-6-12(7-4-11)15(22)23-2/h3-8H,9-10H2,1-2H3,(H,17,21)(H,19,24). The molecule has 2 N–H and O–H groups in total. The van der Waals surface area contributed by atoms with Crippen LogP contribution in [0.2, 0.25) is 0 Å². The number of rotatable bonds is 6. The number of ether oxygens (including phenoxy) is 1. The molecule has 7 nitrogen and oxygen atoms in total. The van der Waals surface area contributed by atoms with E-state index in [1.54, 1.807) is 34.9 Å². The van der Waals surface area contributed by atoms with Gasteiger partial charge in [-0.05, 0) is 36.0 Å². The molecule has 0 radical (unpaired) electrons. The number of benzene rings is 1. The lowest BCUT2D eigenvalue weighted by Gasteiger charge is -2.02. The first-order chi connectivity index (χ1) is 11.5. The highest BCUT2D eigenvalue weighted by Crippen LogP contribution is 2.07. The number of aromatic amines is 1. The van der Waals surface area contributed by atoms with Crippen molar-refractivity contribution in [2.24, 2.45) is 7.05 Å². The van der Waals surface area contributed by atoms with Gasteiger partial charge in [-0.15, -0.1) is 0 Å². The predicted octanol–water partition coefficient (Wildman–Crippen LogP) is 1.64. The minimum atomic E-state index is -0.392. The number of carbonyl (C=O) groups is 2. The molecule has 1 amide bonds. The van der Waals surface area contributed by atoms with E-state index in [0.717, 1.165) is 11.4 Å². The SMILES string of the molecule is COC(=O)c1ccc(C=CC(=O)NCCc2n[nH]c(=S)n2C)cc1. The Balaban J connectivity index is 1.83. The van der Waals surface area contributed by atoms with Gasteiger partial charge in [0.1, 0.15) is 5.82 Å². The van der Waals surface area contributed by atoms with Crippen LogP contribution in [0.25, 0.3) is 6.08 Å². The Kier molecular flexibility index (Phi) is 6.02. The highest BCUT2D eigenvalue weighted by Gasteiger charge is 2.04. The van der Waals surface area contributed by atoms with Crippen LogP contribution >= 0.6 is 12.2 Å². The first-order valence-electron chi connectivity index (χ1n) is 7.26. The Morgan fingerprint density at radius 2 is 2.08 bits per heavy atom. The molecule has 0 aliphatic carbocycles. The first kappa shape index (κ1) is 17.6. The quantitative estimate of drug-likeness (QED) is 0.471. The van der Waals surface area contributed by atoms with E-state index < -0.39 is 5.97 Å². The molecule has 0 unspecified atom stereocenters. The summed E-state index contributed by atoms with van der Waals surface area (Å²) in [4.78, 5) is 23.1. The fraction of sp³-hybridized carbons (Fsp3) is 0.250. The van der Waals surface area contributed by atoms with Crippen LogP contribution in [0.4, 0.5) is 0 Å². The minimum Gasteiger partial charge on any atom is -0.465 e. The number of nitrogens with zero attached hydrogens (tertiary/aromatic N) is 2. The third-order valence-electron chi connectivity index (χ3n) is 3.38. The monoisotopic (exact) mass is 346 g/mol. The van der Waals surface area contributed by atoms with Crippen molar-refractivity contribution in [3.63, 3.8) is 0 Å². The Hall–Kier alpha value is -2.74. The van der Waals surface area contributed by atoms with E-state index in [-0.39, 0.29) is 5.91 Å². The summed E-state index contributed by atoms with van der Waals surface area (Å²) < 4.78 is 6.94. The molecule has 0 aliphatic rings. The molecule has 0 fully saturated rings. The lowest BCUT2D eigenvalue weighted by atomic mass is 10.1. The molecule has 126 valence electrons. The van der Waals surface area contributed by atoms with Gasteiger partial charge in [0, 0.05) is 26.1 Å². The molecular formula is C16H18N4O3S. The summed E-state index contributed by atoms with van der Waals surface area (Å²) in [6.45, 7) is 0.456. The van der Waals surface area contributed by atoms with Gasteiger partial charge in [-0.1, -0.05) is 12.1 Å². The average molecular weight is 346 g/mol. The Bertz CT molecular complexity index is 805. The van der Waals surface area contributed by atoms with E-state index in [1.165, 1.54) is 13.2 Å². The van der Waals surface area contributed by atoms with E-state index >= 15 is 0 Å². The number of amides is 1. The smallest absolute Gasteiger partial charge is 0.337 e. The van der Waals surface area contributed by atoms with Crippen molar-refractivity contribution in [2.75, 3.05) is 13.7 Å². The van der Waals surface area contributed by atoms with E-state index in [4.69, 9.17) is 12.2 Å². The van der Waals surface area contributed by atoms with Crippen LogP contribution in [0.15, 0.2) is 30.3 Å². The third-order valence-corrected chi connectivity index (χ3v) is 3.74. The number of hydrogen-bond donors (Lipinski definition) is 2. The molecular weight excluding hydrogens is 328 g/mol. The van der Waals surface area contributed by atoms with Crippen molar-refractivity contribution in [3.8, 4) is 0 Å². The summed E-state index contributed by atoms with van der Waals surface area (Å²) in [6.07, 6.45) is 3.69. The van der Waals surface area contributed by atoms with Crippen LogP contribution in [-0.2, 0) is 23.0 Å². The predicted molar refractivity (Wildman–Crippen MR) is 91.9 cm³/mol. The van der Waals surface area contributed by atoms with Crippen molar-refractivity contribution in [2.45, 2.75) is 6.42 Å². The number of aromatic nitrogens is 3.